The Bertz CT molecular complexity index is 1060. The largest absolute Gasteiger partial charge is 0.351 e. The highest BCUT2D eigenvalue weighted by Crippen LogP contribution is 2.40. The number of nitrogens with zero attached hydrogens (tertiary/aromatic N) is 1. The van der Waals surface area contributed by atoms with Crippen LogP contribution in [0.25, 0.3) is 0 Å². The van der Waals surface area contributed by atoms with E-state index in [-0.39, 0.29) is 33.9 Å². The number of fused-ring (bicyclic) bond motifs is 1. The highest BCUT2D eigenvalue weighted by Gasteiger charge is 2.41. The summed E-state index contributed by atoms with van der Waals surface area (Å²) in [7, 11) is -3.88. The summed E-state index contributed by atoms with van der Waals surface area (Å²) in [5.74, 6) is -0.865. The Morgan fingerprint density at radius 2 is 1.79 bits per heavy atom. The molecule has 6 nitrogen and oxygen atoms in total. The van der Waals surface area contributed by atoms with Gasteiger partial charge in [-0.3, -0.25) is 9.59 Å². The maximum absolute atomic E-state index is 12.8. The summed E-state index contributed by atoms with van der Waals surface area (Å²) in [4.78, 5) is 25.0. The van der Waals surface area contributed by atoms with Crippen LogP contribution in [0, 0.1) is 0 Å². The summed E-state index contributed by atoms with van der Waals surface area (Å²) in [5.41, 5.74) is 1.51. The predicted molar refractivity (Wildman–Crippen MR) is 109 cm³/mol. The lowest BCUT2D eigenvalue weighted by atomic mass is 9.79. The molecule has 0 atom stereocenters. The van der Waals surface area contributed by atoms with Gasteiger partial charge in [0.2, 0.25) is 0 Å². The number of rotatable bonds is 5. The molecule has 2 aliphatic rings. The molecule has 0 radical (unpaired) electrons. The van der Waals surface area contributed by atoms with E-state index in [1.807, 2.05) is 18.2 Å². The standard InChI is InChI=1S/C22H24N2O4S/c1-2-24-21(26)18-11-10-16(14-19(18)29(24,27)28)20(25)23-15-22(12-6-7-13-22)17-8-4-3-5-9-17/h3-5,8-11,14H,2,6-7,12-13,15H2,1H3,(H,23,25). The van der Waals surface area contributed by atoms with Crippen molar-refractivity contribution in [1.29, 1.82) is 0 Å². The van der Waals surface area contributed by atoms with E-state index in [0.29, 0.717) is 6.54 Å². The number of amides is 2. The smallest absolute Gasteiger partial charge is 0.268 e. The number of benzene rings is 2. The lowest BCUT2D eigenvalue weighted by molar-refractivity contribution is 0.0874. The molecule has 1 saturated carbocycles. The SMILES string of the molecule is CCN1C(=O)c2ccc(C(=O)NCC3(c4ccccc4)CCCC3)cc2S1(=O)=O. The Kier molecular flexibility index (Phi) is 4.94. The Hall–Kier alpha value is -2.67. The molecule has 2 amide bonds. The lowest BCUT2D eigenvalue weighted by Crippen LogP contribution is -2.39. The summed E-state index contributed by atoms with van der Waals surface area (Å²) in [5, 5.41) is 3.00. The van der Waals surface area contributed by atoms with Crippen molar-refractivity contribution in [2.45, 2.75) is 42.9 Å². The van der Waals surface area contributed by atoms with Crippen molar-refractivity contribution in [2.75, 3.05) is 13.1 Å². The Morgan fingerprint density at radius 1 is 1.10 bits per heavy atom. The first kappa shape index (κ1) is 19.6. The van der Waals surface area contributed by atoms with E-state index in [9.17, 15) is 18.0 Å². The zero-order valence-corrected chi connectivity index (χ0v) is 17.2. The third-order valence-corrected chi connectivity index (χ3v) is 7.99. The van der Waals surface area contributed by atoms with Crippen molar-refractivity contribution < 1.29 is 18.0 Å². The van der Waals surface area contributed by atoms with Gasteiger partial charge in [0.1, 0.15) is 4.90 Å². The molecule has 4 rings (SSSR count). The molecule has 0 aromatic heterocycles. The molecule has 1 heterocycles. The highest BCUT2D eigenvalue weighted by atomic mass is 32.2. The van der Waals surface area contributed by atoms with Crippen molar-refractivity contribution in [3.8, 4) is 0 Å². The van der Waals surface area contributed by atoms with Crippen molar-refractivity contribution in [3.63, 3.8) is 0 Å². The lowest BCUT2D eigenvalue weighted by Gasteiger charge is -2.30. The number of carbonyl (C=O) groups excluding carboxylic acids is 2. The topological polar surface area (TPSA) is 83.6 Å². The maximum atomic E-state index is 12.8. The van der Waals surface area contributed by atoms with Crippen LogP contribution in [0.2, 0.25) is 0 Å². The van der Waals surface area contributed by atoms with Crippen molar-refractivity contribution >= 4 is 21.8 Å². The number of carbonyl (C=O) groups is 2. The van der Waals surface area contributed by atoms with Gasteiger partial charge in [-0.25, -0.2) is 12.7 Å². The van der Waals surface area contributed by atoms with Crippen molar-refractivity contribution in [2.24, 2.45) is 0 Å². The molecule has 1 aliphatic heterocycles. The second kappa shape index (κ2) is 7.30. The second-order valence-corrected chi connectivity index (χ2v) is 9.55. The third kappa shape index (κ3) is 3.23. The van der Waals surface area contributed by atoms with Gasteiger partial charge >= 0.3 is 0 Å². The summed E-state index contributed by atoms with van der Waals surface area (Å²) in [6.07, 6.45) is 4.26. The molecular weight excluding hydrogens is 388 g/mol. The minimum atomic E-state index is -3.88. The number of sulfonamides is 1. The fourth-order valence-corrected chi connectivity index (χ4v) is 6.10. The van der Waals surface area contributed by atoms with Gasteiger partial charge in [-0.1, -0.05) is 43.2 Å². The highest BCUT2D eigenvalue weighted by molar-refractivity contribution is 7.90. The summed E-state index contributed by atoms with van der Waals surface area (Å²) >= 11 is 0. The van der Waals surface area contributed by atoms with Crippen LogP contribution < -0.4 is 5.32 Å². The Labute approximate surface area is 171 Å². The minimum Gasteiger partial charge on any atom is -0.351 e. The first-order chi connectivity index (χ1) is 13.9. The molecule has 1 aliphatic carbocycles. The number of hydrogen-bond donors (Lipinski definition) is 1. The van der Waals surface area contributed by atoms with Crippen LogP contribution >= 0.6 is 0 Å². The minimum absolute atomic E-state index is 0.0664. The Morgan fingerprint density at radius 3 is 2.45 bits per heavy atom. The van der Waals surface area contributed by atoms with Gasteiger partial charge in [-0.05, 0) is 43.5 Å². The van der Waals surface area contributed by atoms with Crippen molar-refractivity contribution in [3.05, 3.63) is 65.2 Å². The average Bonchev–Trinajstić information content (AvgIpc) is 3.29. The summed E-state index contributed by atoms with van der Waals surface area (Å²) < 4.78 is 26.0. The van der Waals surface area contributed by atoms with Gasteiger partial charge in [0.05, 0.1) is 5.56 Å². The normalized spacial score (nSPS) is 19.2. The zero-order chi connectivity index (χ0) is 20.6. The summed E-state index contributed by atoms with van der Waals surface area (Å²) in [6, 6.07) is 14.5. The van der Waals surface area contributed by atoms with Gasteiger partial charge in [0, 0.05) is 24.1 Å². The third-order valence-electron chi connectivity index (χ3n) is 6.09. The van der Waals surface area contributed by atoms with Crippen LogP contribution in [0.4, 0.5) is 0 Å². The molecule has 29 heavy (non-hydrogen) atoms. The van der Waals surface area contributed by atoms with Crippen LogP contribution in [0.5, 0.6) is 0 Å². The predicted octanol–water partition coefficient (Wildman–Crippen LogP) is 3.09. The fraction of sp³-hybridized carbons (Fsp3) is 0.364. The number of hydrogen-bond acceptors (Lipinski definition) is 4. The molecule has 1 fully saturated rings. The molecule has 0 spiro atoms. The van der Waals surface area contributed by atoms with E-state index in [4.69, 9.17) is 0 Å². The Balaban J connectivity index is 1.57. The van der Waals surface area contributed by atoms with E-state index < -0.39 is 15.9 Å². The van der Waals surface area contributed by atoms with E-state index in [1.165, 1.54) is 23.8 Å². The molecule has 0 saturated heterocycles. The van der Waals surface area contributed by atoms with Gasteiger partial charge in [-0.2, -0.15) is 0 Å². The van der Waals surface area contributed by atoms with Gasteiger partial charge in [0.25, 0.3) is 21.8 Å². The number of nitrogens with one attached hydrogen (secondary N) is 1. The molecule has 2 aromatic rings. The van der Waals surface area contributed by atoms with E-state index in [2.05, 4.69) is 17.4 Å². The molecule has 1 N–H and O–H groups in total. The van der Waals surface area contributed by atoms with Crippen LogP contribution in [0.3, 0.4) is 0 Å². The van der Waals surface area contributed by atoms with E-state index in [1.54, 1.807) is 6.92 Å². The molecule has 7 heteroatoms. The van der Waals surface area contributed by atoms with Crippen LogP contribution in [-0.2, 0) is 15.4 Å². The maximum Gasteiger partial charge on any atom is 0.268 e. The molecule has 2 aromatic carbocycles. The van der Waals surface area contributed by atoms with Gasteiger partial charge in [0.15, 0.2) is 0 Å². The molecule has 0 unspecified atom stereocenters. The first-order valence-electron chi connectivity index (χ1n) is 9.94. The second-order valence-electron chi connectivity index (χ2n) is 7.72. The van der Waals surface area contributed by atoms with Crippen LogP contribution in [0.15, 0.2) is 53.4 Å². The van der Waals surface area contributed by atoms with Gasteiger partial charge < -0.3 is 5.32 Å². The van der Waals surface area contributed by atoms with Gasteiger partial charge in [-0.15, -0.1) is 0 Å². The average molecular weight is 413 g/mol. The molecule has 152 valence electrons. The van der Waals surface area contributed by atoms with Crippen LogP contribution in [-0.4, -0.2) is 37.6 Å². The molecular formula is C22H24N2O4S. The van der Waals surface area contributed by atoms with E-state index in [0.717, 1.165) is 30.0 Å². The zero-order valence-electron chi connectivity index (χ0n) is 16.3. The molecule has 0 bridgehead atoms. The van der Waals surface area contributed by atoms with Crippen molar-refractivity contribution in [1.82, 2.24) is 9.62 Å². The first-order valence-corrected chi connectivity index (χ1v) is 11.4. The van der Waals surface area contributed by atoms with E-state index >= 15 is 0 Å². The van der Waals surface area contributed by atoms with Crippen LogP contribution in [0.1, 0.15) is 58.9 Å². The fourth-order valence-electron chi connectivity index (χ4n) is 4.49. The summed E-state index contributed by atoms with van der Waals surface area (Å²) in [6.45, 7) is 2.18. The monoisotopic (exact) mass is 412 g/mol. The quantitative estimate of drug-likeness (QED) is 0.818.